The molecule has 1 aliphatic rings. The Morgan fingerprint density at radius 1 is 1.11 bits per heavy atom. The summed E-state index contributed by atoms with van der Waals surface area (Å²) in [6.45, 7) is 8.36. The Hall–Kier alpha value is -1.37. The molecule has 0 spiro atoms. The lowest BCUT2D eigenvalue weighted by Gasteiger charge is -2.25. The first-order chi connectivity index (χ1) is 9.22. The number of nitrogens with zero attached hydrogens (tertiary/aromatic N) is 2. The van der Waals surface area contributed by atoms with E-state index in [1.807, 2.05) is 0 Å². The van der Waals surface area contributed by atoms with Gasteiger partial charge in [0, 0.05) is 19.6 Å². The van der Waals surface area contributed by atoms with Crippen molar-refractivity contribution in [3.8, 4) is 6.07 Å². The van der Waals surface area contributed by atoms with Gasteiger partial charge in [-0.05, 0) is 30.0 Å². The van der Waals surface area contributed by atoms with Crippen molar-refractivity contribution in [1.82, 2.24) is 10.2 Å². The lowest BCUT2D eigenvalue weighted by molar-refractivity contribution is 0.252. The van der Waals surface area contributed by atoms with E-state index in [0.717, 1.165) is 38.2 Å². The summed E-state index contributed by atoms with van der Waals surface area (Å²) in [6.07, 6.45) is 1.11. The number of hydrogen-bond donors (Lipinski definition) is 1. The standard InChI is InChI=1S/C16H23N3/c1-13(2)14-4-6-15(7-5-14)16(12-17)19-10-3-8-18-9-11-19/h4-7,13,16,18H,3,8-11H2,1-2H3. The maximum atomic E-state index is 9.49. The van der Waals surface area contributed by atoms with Gasteiger partial charge in [-0.15, -0.1) is 0 Å². The highest BCUT2D eigenvalue weighted by Gasteiger charge is 2.20. The van der Waals surface area contributed by atoms with E-state index in [0.29, 0.717) is 5.92 Å². The SMILES string of the molecule is CC(C)c1ccc(C(C#N)N2CCCNCC2)cc1. The maximum Gasteiger partial charge on any atom is 0.123 e. The first kappa shape index (κ1) is 14.0. The quantitative estimate of drug-likeness (QED) is 0.905. The zero-order valence-corrected chi connectivity index (χ0v) is 11.9. The van der Waals surface area contributed by atoms with Gasteiger partial charge in [0.25, 0.3) is 0 Å². The fraction of sp³-hybridized carbons (Fsp3) is 0.562. The molecule has 0 aromatic heterocycles. The Labute approximate surface area is 116 Å². The van der Waals surface area contributed by atoms with Crippen LogP contribution in [0.15, 0.2) is 24.3 Å². The lowest BCUT2D eigenvalue weighted by atomic mass is 9.99. The molecule has 1 N–H and O–H groups in total. The van der Waals surface area contributed by atoms with Crippen LogP contribution in [0.4, 0.5) is 0 Å². The van der Waals surface area contributed by atoms with E-state index in [9.17, 15) is 5.26 Å². The molecule has 2 rings (SSSR count). The summed E-state index contributed by atoms with van der Waals surface area (Å²) >= 11 is 0. The first-order valence-corrected chi connectivity index (χ1v) is 7.16. The van der Waals surface area contributed by atoms with Gasteiger partial charge in [0.05, 0.1) is 6.07 Å². The van der Waals surface area contributed by atoms with Gasteiger partial charge in [-0.1, -0.05) is 38.1 Å². The average Bonchev–Trinajstić information content (AvgIpc) is 2.69. The molecule has 1 atom stereocenters. The van der Waals surface area contributed by atoms with Gasteiger partial charge < -0.3 is 5.32 Å². The highest BCUT2D eigenvalue weighted by atomic mass is 15.2. The van der Waals surface area contributed by atoms with Crippen LogP contribution in [0, 0.1) is 11.3 Å². The topological polar surface area (TPSA) is 39.1 Å². The second-order valence-electron chi connectivity index (χ2n) is 5.49. The molecule has 102 valence electrons. The molecule has 0 bridgehead atoms. The molecule has 1 fully saturated rings. The van der Waals surface area contributed by atoms with Gasteiger partial charge in [-0.25, -0.2) is 0 Å². The third-order valence-corrected chi connectivity index (χ3v) is 3.78. The van der Waals surface area contributed by atoms with E-state index in [1.165, 1.54) is 5.56 Å². The highest BCUT2D eigenvalue weighted by Crippen LogP contribution is 2.23. The zero-order chi connectivity index (χ0) is 13.7. The molecule has 1 unspecified atom stereocenters. The Morgan fingerprint density at radius 3 is 2.42 bits per heavy atom. The Kier molecular flexibility index (Phi) is 4.95. The molecule has 1 aromatic rings. The minimum atomic E-state index is -0.110. The van der Waals surface area contributed by atoms with Crippen LogP contribution in [0.2, 0.25) is 0 Å². The summed E-state index contributed by atoms with van der Waals surface area (Å²) in [7, 11) is 0. The molecule has 0 saturated carbocycles. The number of nitriles is 1. The van der Waals surface area contributed by atoms with Gasteiger partial charge in [0.1, 0.15) is 6.04 Å². The second-order valence-corrected chi connectivity index (χ2v) is 5.49. The minimum absolute atomic E-state index is 0.110. The predicted octanol–water partition coefficient (Wildman–Crippen LogP) is 2.67. The van der Waals surface area contributed by atoms with Crippen molar-refractivity contribution in [2.45, 2.75) is 32.2 Å². The second kappa shape index (κ2) is 6.70. The molecular weight excluding hydrogens is 234 g/mol. The molecule has 3 heteroatoms. The van der Waals surface area contributed by atoms with Crippen molar-refractivity contribution in [2.75, 3.05) is 26.2 Å². The van der Waals surface area contributed by atoms with E-state index in [2.05, 4.69) is 54.4 Å². The van der Waals surface area contributed by atoms with Crippen molar-refractivity contribution in [1.29, 1.82) is 5.26 Å². The Morgan fingerprint density at radius 2 is 1.79 bits per heavy atom. The van der Waals surface area contributed by atoms with E-state index in [1.54, 1.807) is 0 Å². The molecule has 1 aliphatic heterocycles. The van der Waals surface area contributed by atoms with Crippen molar-refractivity contribution in [2.24, 2.45) is 0 Å². The van der Waals surface area contributed by atoms with Crippen molar-refractivity contribution in [3.63, 3.8) is 0 Å². The Bertz CT molecular complexity index is 422. The molecule has 3 nitrogen and oxygen atoms in total. The van der Waals surface area contributed by atoms with Crippen molar-refractivity contribution < 1.29 is 0 Å². The van der Waals surface area contributed by atoms with E-state index >= 15 is 0 Å². The fourth-order valence-corrected chi connectivity index (χ4v) is 2.56. The van der Waals surface area contributed by atoms with Crippen LogP contribution in [0.3, 0.4) is 0 Å². The number of hydrogen-bond acceptors (Lipinski definition) is 3. The summed E-state index contributed by atoms with van der Waals surface area (Å²) in [6, 6.07) is 10.9. The third kappa shape index (κ3) is 3.56. The number of benzene rings is 1. The fourth-order valence-electron chi connectivity index (χ4n) is 2.56. The zero-order valence-electron chi connectivity index (χ0n) is 11.9. The van der Waals surface area contributed by atoms with E-state index < -0.39 is 0 Å². The van der Waals surface area contributed by atoms with E-state index in [4.69, 9.17) is 0 Å². The summed E-state index contributed by atoms with van der Waals surface area (Å²) in [5.74, 6) is 0.539. The monoisotopic (exact) mass is 257 g/mol. The van der Waals surface area contributed by atoms with Crippen LogP contribution in [-0.4, -0.2) is 31.1 Å². The molecule has 19 heavy (non-hydrogen) atoms. The van der Waals surface area contributed by atoms with Gasteiger partial charge in [-0.3, -0.25) is 4.90 Å². The van der Waals surface area contributed by atoms with E-state index in [-0.39, 0.29) is 6.04 Å². The highest BCUT2D eigenvalue weighted by molar-refractivity contribution is 5.29. The molecule has 0 amide bonds. The lowest BCUT2D eigenvalue weighted by Crippen LogP contribution is -2.31. The maximum absolute atomic E-state index is 9.49. The number of nitrogens with one attached hydrogen (secondary N) is 1. The van der Waals surface area contributed by atoms with Crippen molar-refractivity contribution in [3.05, 3.63) is 35.4 Å². The molecule has 1 saturated heterocycles. The Balaban J connectivity index is 2.14. The van der Waals surface area contributed by atoms with Gasteiger partial charge in [0.2, 0.25) is 0 Å². The summed E-state index contributed by atoms with van der Waals surface area (Å²) in [5.41, 5.74) is 2.45. The third-order valence-electron chi connectivity index (χ3n) is 3.78. The summed E-state index contributed by atoms with van der Waals surface area (Å²) < 4.78 is 0. The molecule has 1 heterocycles. The van der Waals surface area contributed by atoms with Gasteiger partial charge in [-0.2, -0.15) is 5.26 Å². The minimum Gasteiger partial charge on any atom is -0.315 e. The normalized spacial score (nSPS) is 18.8. The summed E-state index contributed by atoms with van der Waals surface area (Å²) in [4.78, 5) is 2.28. The average molecular weight is 257 g/mol. The van der Waals surface area contributed by atoms with Crippen LogP contribution in [0.1, 0.15) is 43.4 Å². The predicted molar refractivity (Wildman–Crippen MR) is 77.9 cm³/mol. The van der Waals surface area contributed by atoms with Gasteiger partial charge in [0.15, 0.2) is 0 Å². The molecule has 1 aromatic carbocycles. The van der Waals surface area contributed by atoms with Crippen LogP contribution >= 0.6 is 0 Å². The largest absolute Gasteiger partial charge is 0.315 e. The van der Waals surface area contributed by atoms with Crippen molar-refractivity contribution >= 4 is 0 Å². The van der Waals surface area contributed by atoms with Crippen LogP contribution in [0.5, 0.6) is 0 Å². The smallest absolute Gasteiger partial charge is 0.123 e. The van der Waals surface area contributed by atoms with Crippen LogP contribution in [0.25, 0.3) is 0 Å². The van der Waals surface area contributed by atoms with Crippen LogP contribution < -0.4 is 5.32 Å². The number of rotatable bonds is 3. The molecule has 0 radical (unpaired) electrons. The molecular formula is C16H23N3. The summed E-state index contributed by atoms with van der Waals surface area (Å²) in [5, 5.41) is 12.9. The molecule has 0 aliphatic carbocycles. The van der Waals surface area contributed by atoms with Crippen LogP contribution in [-0.2, 0) is 0 Å². The first-order valence-electron chi connectivity index (χ1n) is 7.16. The van der Waals surface area contributed by atoms with Gasteiger partial charge >= 0.3 is 0 Å².